The van der Waals surface area contributed by atoms with E-state index in [0.717, 1.165) is 29.3 Å². The van der Waals surface area contributed by atoms with Crippen LogP contribution < -0.4 is 10.0 Å². The van der Waals surface area contributed by atoms with Crippen LogP contribution in [0, 0.1) is 13.8 Å². The molecule has 1 aliphatic rings. The van der Waals surface area contributed by atoms with E-state index in [-0.39, 0.29) is 17.5 Å². The monoisotopic (exact) mass is 488 g/mol. The van der Waals surface area contributed by atoms with E-state index in [1.807, 2.05) is 67.6 Å². The summed E-state index contributed by atoms with van der Waals surface area (Å²) in [7, 11) is -3.71. The van der Waals surface area contributed by atoms with Gasteiger partial charge in [-0.3, -0.25) is 0 Å². The van der Waals surface area contributed by atoms with Gasteiger partial charge in [0.05, 0.1) is 11.0 Å². The third-order valence-electron chi connectivity index (χ3n) is 6.28. The van der Waals surface area contributed by atoms with Crippen molar-refractivity contribution in [3.8, 4) is 11.3 Å². The predicted octanol–water partition coefficient (Wildman–Crippen LogP) is 5.11. The first-order valence-electron chi connectivity index (χ1n) is 11.7. The van der Waals surface area contributed by atoms with Gasteiger partial charge in [-0.25, -0.2) is 13.1 Å². The third kappa shape index (κ3) is 5.05. The average molecular weight is 489 g/mol. The number of rotatable bonds is 7. The molecule has 4 aromatic rings. The lowest BCUT2D eigenvalue weighted by atomic mass is 10.0. The summed E-state index contributed by atoms with van der Waals surface area (Å²) in [4.78, 5) is 0.237. The second-order valence-electron chi connectivity index (χ2n) is 8.90. The summed E-state index contributed by atoms with van der Waals surface area (Å²) in [6.07, 6.45) is 1.75. The molecular weight excluding hydrogens is 460 g/mol. The molecule has 35 heavy (non-hydrogen) atoms. The SMILES string of the molecule is Cc1ccc(Nc2nnc(-c3ccc(C)c(S(=O)(=O)NC[C@H]4CCCO4)c3)c3ccccc23)cc1. The van der Waals surface area contributed by atoms with Crippen LogP contribution in [0.3, 0.4) is 0 Å². The summed E-state index contributed by atoms with van der Waals surface area (Å²) in [5, 5.41) is 14.1. The zero-order valence-corrected chi connectivity index (χ0v) is 20.6. The van der Waals surface area contributed by atoms with Crippen LogP contribution >= 0.6 is 0 Å². The molecule has 0 saturated carbocycles. The minimum Gasteiger partial charge on any atom is -0.377 e. The Hall–Kier alpha value is -3.33. The number of fused-ring (bicyclic) bond motifs is 1. The van der Waals surface area contributed by atoms with Gasteiger partial charge < -0.3 is 10.1 Å². The highest BCUT2D eigenvalue weighted by molar-refractivity contribution is 7.89. The zero-order chi connectivity index (χ0) is 24.4. The lowest BCUT2D eigenvalue weighted by molar-refractivity contribution is 0.114. The van der Waals surface area contributed by atoms with E-state index in [2.05, 4.69) is 20.2 Å². The fourth-order valence-electron chi connectivity index (χ4n) is 4.31. The number of aryl methyl sites for hydroxylation is 2. The fraction of sp³-hybridized carbons (Fsp3) is 0.259. The molecule has 1 atom stereocenters. The maximum absolute atomic E-state index is 13.1. The van der Waals surface area contributed by atoms with Crippen LogP contribution in [-0.2, 0) is 14.8 Å². The number of anilines is 2. The Kier molecular flexibility index (Phi) is 6.51. The molecule has 2 heterocycles. The number of ether oxygens (including phenoxy) is 1. The van der Waals surface area contributed by atoms with E-state index in [1.165, 1.54) is 5.56 Å². The molecule has 1 saturated heterocycles. The van der Waals surface area contributed by atoms with E-state index >= 15 is 0 Å². The Balaban J connectivity index is 1.50. The molecule has 0 spiro atoms. The molecule has 0 radical (unpaired) electrons. The molecule has 1 aliphatic heterocycles. The maximum atomic E-state index is 13.1. The van der Waals surface area contributed by atoms with Gasteiger partial charge in [0.1, 0.15) is 5.69 Å². The summed E-state index contributed by atoms with van der Waals surface area (Å²) in [5.74, 6) is 0.645. The predicted molar refractivity (Wildman–Crippen MR) is 138 cm³/mol. The molecule has 0 amide bonds. The number of aromatic nitrogens is 2. The highest BCUT2D eigenvalue weighted by Gasteiger charge is 2.23. The van der Waals surface area contributed by atoms with E-state index in [0.29, 0.717) is 29.2 Å². The minimum absolute atomic E-state index is 0.0725. The van der Waals surface area contributed by atoms with Crippen LogP contribution in [0.25, 0.3) is 22.0 Å². The molecule has 8 heteroatoms. The van der Waals surface area contributed by atoms with Crippen molar-refractivity contribution in [3.63, 3.8) is 0 Å². The van der Waals surface area contributed by atoms with Crippen LogP contribution in [0.1, 0.15) is 24.0 Å². The summed E-state index contributed by atoms with van der Waals surface area (Å²) in [5.41, 5.74) is 4.09. The molecule has 180 valence electrons. The Labute approximate surface area is 205 Å². The van der Waals surface area contributed by atoms with Crippen LogP contribution in [0.5, 0.6) is 0 Å². The Morgan fingerprint density at radius 3 is 2.49 bits per heavy atom. The largest absolute Gasteiger partial charge is 0.377 e. The standard InChI is InChI=1S/C27H28N4O3S/c1-18-9-13-21(14-10-18)29-27-24-8-4-3-7-23(24)26(30-31-27)20-12-11-19(2)25(16-20)35(32,33)28-17-22-6-5-15-34-22/h3-4,7-14,16,22,28H,5-6,15,17H2,1-2H3,(H,29,31)/t22-/m1/s1. The van der Waals surface area contributed by atoms with Gasteiger partial charge in [-0.05, 0) is 50.5 Å². The van der Waals surface area contributed by atoms with Crippen molar-refractivity contribution in [2.75, 3.05) is 18.5 Å². The molecule has 0 aliphatic carbocycles. The van der Waals surface area contributed by atoms with Gasteiger partial charge in [0.2, 0.25) is 10.0 Å². The van der Waals surface area contributed by atoms with Gasteiger partial charge in [0.25, 0.3) is 0 Å². The molecule has 2 N–H and O–H groups in total. The number of nitrogens with one attached hydrogen (secondary N) is 2. The topological polar surface area (TPSA) is 93.2 Å². The molecule has 0 bridgehead atoms. The quantitative estimate of drug-likeness (QED) is 0.375. The van der Waals surface area contributed by atoms with E-state index in [1.54, 1.807) is 13.0 Å². The number of nitrogens with zero attached hydrogens (tertiary/aromatic N) is 2. The second-order valence-corrected chi connectivity index (χ2v) is 10.6. The summed E-state index contributed by atoms with van der Waals surface area (Å²) >= 11 is 0. The highest BCUT2D eigenvalue weighted by Crippen LogP contribution is 2.32. The van der Waals surface area contributed by atoms with Gasteiger partial charge in [0, 0.05) is 35.2 Å². The Morgan fingerprint density at radius 1 is 0.971 bits per heavy atom. The molecular formula is C27H28N4O3S. The van der Waals surface area contributed by atoms with Gasteiger partial charge >= 0.3 is 0 Å². The smallest absolute Gasteiger partial charge is 0.240 e. The lowest BCUT2D eigenvalue weighted by Gasteiger charge is -2.15. The highest BCUT2D eigenvalue weighted by atomic mass is 32.2. The van der Waals surface area contributed by atoms with E-state index in [4.69, 9.17) is 4.74 Å². The van der Waals surface area contributed by atoms with E-state index < -0.39 is 10.0 Å². The summed E-state index contributed by atoms with van der Waals surface area (Å²) in [6, 6.07) is 21.3. The van der Waals surface area contributed by atoms with Gasteiger partial charge in [0.15, 0.2) is 5.82 Å². The molecule has 1 fully saturated rings. The minimum atomic E-state index is -3.71. The fourth-order valence-corrected chi connectivity index (χ4v) is 5.64. The number of sulfonamides is 1. The van der Waals surface area contributed by atoms with Crippen molar-refractivity contribution >= 4 is 32.3 Å². The van der Waals surface area contributed by atoms with Crippen LogP contribution in [-0.4, -0.2) is 37.9 Å². The Bertz CT molecular complexity index is 1460. The molecule has 3 aromatic carbocycles. The molecule has 7 nitrogen and oxygen atoms in total. The van der Waals surface area contributed by atoms with Crippen molar-refractivity contribution in [1.82, 2.24) is 14.9 Å². The van der Waals surface area contributed by atoms with Crippen molar-refractivity contribution in [2.45, 2.75) is 37.7 Å². The lowest BCUT2D eigenvalue weighted by Crippen LogP contribution is -2.32. The van der Waals surface area contributed by atoms with Gasteiger partial charge in [-0.1, -0.05) is 54.1 Å². The number of hydrogen-bond acceptors (Lipinski definition) is 6. The van der Waals surface area contributed by atoms with Crippen molar-refractivity contribution in [1.29, 1.82) is 0 Å². The van der Waals surface area contributed by atoms with Crippen molar-refractivity contribution in [2.24, 2.45) is 0 Å². The third-order valence-corrected chi connectivity index (χ3v) is 7.84. The van der Waals surface area contributed by atoms with Crippen LogP contribution in [0.4, 0.5) is 11.5 Å². The van der Waals surface area contributed by atoms with Gasteiger partial charge in [-0.2, -0.15) is 0 Å². The van der Waals surface area contributed by atoms with E-state index in [9.17, 15) is 8.42 Å². The molecule has 5 rings (SSSR count). The first kappa shape index (κ1) is 23.4. The first-order chi connectivity index (χ1) is 16.9. The van der Waals surface area contributed by atoms with Gasteiger partial charge in [-0.15, -0.1) is 10.2 Å². The average Bonchev–Trinajstić information content (AvgIpc) is 3.39. The molecule has 1 aromatic heterocycles. The van der Waals surface area contributed by atoms with Crippen molar-refractivity contribution in [3.05, 3.63) is 77.9 Å². The Morgan fingerprint density at radius 2 is 1.74 bits per heavy atom. The molecule has 0 unspecified atom stereocenters. The maximum Gasteiger partial charge on any atom is 0.240 e. The van der Waals surface area contributed by atoms with Crippen molar-refractivity contribution < 1.29 is 13.2 Å². The van der Waals surface area contributed by atoms with Crippen LogP contribution in [0.15, 0.2) is 71.6 Å². The normalized spacial score (nSPS) is 16.0. The summed E-state index contributed by atoms with van der Waals surface area (Å²) < 4.78 is 34.5. The van der Waals surface area contributed by atoms with Crippen LogP contribution in [0.2, 0.25) is 0 Å². The zero-order valence-electron chi connectivity index (χ0n) is 19.8. The number of hydrogen-bond donors (Lipinski definition) is 2. The second kappa shape index (κ2) is 9.73. The first-order valence-corrected chi connectivity index (χ1v) is 13.2. The number of benzene rings is 3. The summed E-state index contributed by atoms with van der Waals surface area (Å²) in [6.45, 7) is 4.79.